The summed E-state index contributed by atoms with van der Waals surface area (Å²) in [7, 11) is 3.34. The number of halogens is 2. The molecule has 0 bridgehead atoms. The van der Waals surface area contributed by atoms with Gasteiger partial charge in [0.1, 0.15) is 5.82 Å². The molecule has 0 saturated carbocycles. The lowest BCUT2D eigenvalue weighted by molar-refractivity contribution is -0.129. The van der Waals surface area contributed by atoms with E-state index in [0.29, 0.717) is 19.7 Å². The summed E-state index contributed by atoms with van der Waals surface area (Å²) >= 11 is 0. The van der Waals surface area contributed by atoms with Crippen LogP contribution in [0.2, 0.25) is 0 Å². The van der Waals surface area contributed by atoms with Crippen molar-refractivity contribution in [2.75, 3.05) is 33.9 Å². The molecule has 1 aromatic rings. The average Bonchev–Trinajstić information content (AvgIpc) is 2.37. The van der Waals surface area contributed by atoms with Gasteiger partial charge in [-0.3, -0.25) is 4.79 Å². The zero-order chi connectivity index (χ0) is 13.4. The van der Waals surface area contributed by atoms with Crippen molar-refractivity contribution in [1.29, 1.82) is 0 Å². The van der Waals surface area contributed by atoms with Crippen LogP contribution in [0.1, 0.15) is 5.56 Å². The van der Waals surface area contributed by atoms with Gasteiger partial charge in [-0.25, -0.2) is 4.39 Å². The fraction of sp³-hybridized carbons (Fsp3) is 0.462. The quantitative estimate of drug-likeness (QED) is 0.773. The Hall–Kier alpha value is -1.17. The number of likely N-dealkylation sites (N-methyl/N-ethyl adjacent to an activating group) is 1. The summed E-state index contributed by atoms with van der Waals surface area (Å²) in [5, 5.41) is 2.99. The molecule has 0 spiro atoms. The monoisotopic (exact) mass is 290 g/mol. The Balaban J connectivity index is 0.00000324. The fourth-order valence-electron chi connectivity index (χ4n) is 1.46. The highest BCUT2D eigenvalue weighted by molar-refractivity contribution is 5.85. The van der Waals surface area contributed by atoms with E-state index in [0.717, 1.165) is 5.56 Å². The summed E-state index contributed by atoms with van der Waals surface area (Å²) < 4.78 is 17.6. The van der Waals surface area contributed by atoms with Gasteiger partial charge >= 0.3 is 0 Å². The number of nitrogens with one attached hydrogen (secondary N) is 1. The standard InChI is InChI=1S/C13H19FN2O2.ClH/c1-16(13(17)9-15-7-8-18-2)10-11-3-5-12(14)6-4-11;/h3-6,15H,7-10H2,1-2H3;1H. The van der Waals surface area contributed by atoms with Crippen molar-refractivity contribution in [2.24, 2.45) is 0 Å². The molecular weight excluding hydrogens is 271 g/mol. The largest absolute Gasteiger partial charge is 0.383 e. The van der Waals surface area contributed by atoms with E-state index in [1.54, 1.807) is 31.2 Å². The molecule has 1 amide bonds. The van der Waals surface area contributed by atoms with E-state index in [2.05, 4.69) is 5.32 Å². The van der Waals surface area contributed by atoms with E-state index in [1.807, 2.05) is 0 Å². The Bertz CT molecular complexity index is 373. The van der Waals surface area contributed by atoms with E-state index >= 15 is 0 Å². The highest BCUT2D eigenvalue weighted by Crippen LogP contribution is 2.05. The molecule has 4 nitrogen and oxygen atoms in total. The Morgan fingerprint density at radius 3 is 2.58 bits per heavy atom. The van der Waals surface area contributed by atoms with Crippen LogP contribution in [0, 0.1) is 5.82 Å². The van der Waals surface area contributed by atoms with Gasteiger partial charge in [-0.15, -0.1) is 12.4 Å². The molecule has 1 aromatic carbocycles. The van der Waals surface area contributed by atoms with Crippen LogP contribution in [0.25, 0.3) is 0 Å². The van der Waals surface area contributed by atoms with Crippen molar-refractivity contribution in [3.63, 3.8) is 0 Å². The number of nitrogens with zero attached hydrogens (tertiary/aromatic N) is 1. The first-order chi connectivity index (χ1) is 8.63. The lowest BCUT2D eigenvalue weighted by atomic mass is 10.2. The highest BCUT2D eigenvalue weighted by Gasteiger charge is 2.08. The molecule has 0 aliphatic carbocycles. The van der Waals surface area contributed by atoms with E-state index in [-0.39, 0.29) is 30.7 Å². The molecule has 0 heterocycles. The molecule has 0 aliphatic rings. The summed E-state index contributed by atoms with van der Waals surface area (Å²) in [6.45, 7) is 1.98. The number of rotatable bonds is 7. The Kier molecular flexibility index (Phi) is 9.12. The average molecular weight is 291 g/mol. The Morgan fingerprint density at radius 1 is 1.37 bits per heavy atom. The molecule has 1 N–H and O–H groups in total. The van der Waals surface area contributed by atoms with Crippen molar-refractivity contribution < 1.29 is 13.9 Å². The number of ether oxygens (including phenoxy) is 1. The second-order valence-corrected chi connectivity index (χ2v) is 4.05. The van der Waals surface area contributed by atoms with E-state index < -0.39 is 0 Å². The zero-order valence-corrected chi connectivity index (χ0v) is 12.0. The van der Waals surface area contributed by atoms with Crippen molar-refractivity contribution in [1.82, 2.24) is 10.2 Å². The Morgan fingerprint density at radius 2 is 2.00 bits per heavy atom. The number of carbonyl (C=O) groups excluding carboxylic acids is 1. The zero-order valence-electron chi connectivity index (χ0n) is 11.2. The lowest BCUT2D eigenvalue weighted by Gasteiger charge is -2.17. The van der Waals surface area contributed by atoms with Crippen molar-refractivity contribution in [2.45, 2.75) is 6.54 Å². The summed E-state index contributed by atoms with van der Waals surface area (Å²) in [6.07, 6.45) is 0. The molecule has 0 unspecified atom stereocenters. The SMILES string of the molecule is COCCNCC(=O)N(C)Cc1ccc(F)cc1.Cl. The number of hydrogen-bond donors (Lipinski definition) is 1. The predicted molar refractivity (Wildman–Crippen MR) is 74.9 cm³/mol. The maximum Gasteiger partial charge on any atom is 0.236 e. The highest BCUT2D eigenvalue weighted by atomic mass is 35.5. The van der Waals surface area contributed by atoms with Crippen molar-refractivity contribution in [3.8, 4) is 0 Å². The molecule has 0 aliphatic heterocycles. The molecule has 108 valence electrons. The normalized spacial score (nSPS) is 9.84. The Labute approximate surface area is 119 Å². The van der Waals surface area contributed by atoms with Crippen LogP contribution >= 0.6 is 12.4 Å². The van der Waals surface area contributed by atoms with E-state index in [1.165, 1.54) is 12.1 Å². The smallest absolute Gasteiger partial charge is 0.236 e. The summed E-state index contributed by atoms with van der Waals surface area (Å²) in [5.41, 5.74) is 0.907. The molecule has 0 radical (unpaired) electrons. The first-order valence-electron chi connectivity index (χ1n) is 5.81. The molecule has 0 atom stereocenters. The molecular formula is C13H20ClFN2O2. The second kappa shape index (κ2) is 9.72. The van der Waals surface area contributed by atoms with E-state index in [4.69, 9.17) is 4.74 Å². The number of methoxy groups -OCH3 is 1. The minimum absolute atomic E-state index is 0. The minimum Gasteiger partial charge on any atom is -0.383 e. The molecule has 0 saturated heterocycles. The molecule has 0 fully saturated rings. The second-order valence-electron chi connectivity index (χ2n) is 4.05. The summed E-state index contributed by atoms with van der Waals surface area (Å²) in [5.74, 6) is -0.274. The van der Waals surface area contributed by atoms with Gasteiger partial charge in [0.2, 0.25) is 5.91 Å². The van der Waals surface area contributed by atoms with Gasteiger partial charge in [-0.05, 0) is 17.7 Å². The van der Waals surface area contributed by atoms with Crippen LogP contribution in [-0.4, -0.2) is 44.7 Å². The summed E-state index contributed by atoms with van der Waals surface area (Å²) in [4.78, 5) is 13.3. The maximum absolute atomic E-state index is 12.7. The lowest BCUT2D eigenvalue weighted by Crippen LogP contribution is -2.36. The fourth-order valence-corrected chi connectivity index (χ4v) is 1.46. The van der Waals surface area contributed by atoms with Crippen LogP contribution in [0.15, 0.2) is 24.3 Å². The van der Waals surface area contributed by atoms with Crippen molar-refractivity contribution >= 4 is 18.3 Å². The first kappa shape index (κ1) is 17.8. The third-order valence-corrected chi connectivity index (χ3v) is 2.52. The van der Waals surface area contributed by atoms with Crippen LogP contribution in [-0.2, 0) is 16.1 Å². The van der Waals surface area contributed by atoms with Gasteiger partial charge in [0.05, 0.1) is 13.2 Å². The van der Waals surface area contributed by atoms with Crippen molar-refractivity contribution in [3.05, 3.63) is 35.6 Å². The van der Waals surface area contributed by atoms with Gasteiger partial charge in [-0.2, -0.15) is 0 Å². The number of benzene rings is 1. The van der Waals surface area contributed by atoms with Gasteiger partial charge < -0.3 is 15.0 Å². The third kappa shape index (κ3) is 7.10. The number of carbonyl (C=O) groups is 1. The topological polar surface area (TPSA) is 41.6 Å². The molecule has 1 rings (SSSR count). The van der Waals surface area contributed by atoms with Crippen LogP contribution in [0.5, 0.6) is 0 Å². The number of amides is 1. The van der Waals surface area contributed by atoms with Crippen LogP contribution < -0.4 is 5.32 Å². The van der Waals surface area contributed by atoms with Crippen LogP contribution in [0.3, 0.4) is 0 Å². The first-order valence-corrected chi connectivity index (χ1v) is 5.81. The van der Waals surface area contributed by atoms with Gasteiger partial charge in [0.15, 0.2) is 0 Å². The molecule has 0 aromatic heterocycles. The van der Waals surface area contributed by atoms with Gasteiger partial charge in [0.25, 0.3) is 0 Å². The molecule has 19 heavy (non-hydrogen) atoms. The van der Waals surface area contributed by atoms with E-state index in [9.17, 15) is 9.18 Å². The van der Waals surface area contributed by atoms with Crippen LogP contribution in [0.4, 0.5) is 4.39 Å². The minimum atomic E-state index is -0.269. The maximum atomic E-state index is 12.7. The third-order valence-electron chi connectivity index (χ3n) is 2.52. The molecule has 6 heteroatoms. The van der Waals surface area contributed by atoms with Gasteiger partial charge in [-0.1, -0.05) is 12.1 Å². The van der Waals surface area contributed by atoms with Gasteiger partial charge in [0, 0.05) is 27.2 Å². The predicted octanol–water partition coefficient (Wildman–Crippen LogP) is 1.44. The summed E-state index contributed by atoms with van der Waals surface area (Å²) in [6, 6.07) is 6.14. The number of hydrogen-bond acceptors (Lipinski definition) is 3.